The van der Waals surface area contributed by atoms with Crippen LogP contribution in [0.3, 0.4) is 0 Å². The van der Waals surface area contributed by atoms with Crippen LogP contribution >= 0.6 is 0 Å². The maximum absolute atomic E-state index is 13.1. The highest BCUT2D eigenvalue weighted by Crippen LogP contribution is 2.31. The number of rotatable bonds is 3. The highest BCUT2D eigenvalue weighted by Gasteiger charge is 2.37. The minimum atomic E-state index is -0.589. The summed E-state index contributed by atoms with van der Waals surface area (Å²) in [5.74, 6) is 1.32. The number of fused-ring (bicyclic) bond motifs is 1. The predicted octanol–water partition coefficient (Wildman–Crippen LogP) is 3.07. The fraction of sp³-hybridized carbons (Fsp3) is 0.619. The summed E-state index contributed by atoms with van der Waals surface area (Å²) in [5.41, 5.74) is -0.589. The number of benzene rings is 1. The normalized spacial score (nSPS) is 21.8. The van der Waals surface area contributed by atoms with Gasteiger partial charge in [-0.25, -0.2) is 4.79 Å². The molecular weight excluding hydrogens is 360 g/mol. The maximum atomic E-state index is 13.1. The van der Waals surface area contributed by atoms with Crippen molar-refractivity contribution in [3.63, 3.8) is 0 Å². The van der Waals surface area contributed by atoms with Crippen molar-refractivity contribution in [2.75, 3.05) is 26.7 Å². The Kier molecular flexibility index (Phi) is 6.01. The molecule has 1 saturated heterocycles. The van der Waals surface area contributed by atoms with Gasteiger partial charge in [0.25, 0.3) is 0 Å². The summed E-state index contributed by atoms with van der Waals surface area (Å²) in [6.07, 6.45) is 1.77. The fourth-order valence-corrected chi connectivity index (χ4v) is 3.53. The van der Waals surface area contributed by atoms with Crippen LogP contribution in [0.25, 0.3) is 0 Å². The van der Waals surface area contributed by atoms with Gasteiger partial charge < -0.3 is 19.1 Å². The zero-order valence-electron chi connectivity index (χ0n) is 17.1. The number of likely N-dealkylation sites (tertiary alicyclic amines) is 1. The Morgan fingerprint density at radius 1 is 1.21 bits per heavy atom. The third-order valence-electron chi connectivity index (χ3n) is 4.84. The standard InChI is InChI=1S/C21H30N2O5/c1-21(2,3)28-20(25)23-12-8-7-9-16(23)19(24)22(4)13-15-14-26-17-10-5-6-11-18(17)27-15/h5-6,10-11,15-16H,7-9,12-14H2,1-4H3. The number of amides is 2. The number of carbonyl (C=O) groups is 2. The third-order valence-corrected chi connectivity index (χ3v) is 4.84. The fourth-order valence-electron chi connectivity index (χ4n) is 3.53. The summed E-state index contributed by atoms with van der Waals surface area (Å²) in [7, 11) is 1.74. The molecule has 2 aliphatic heterocycles. The van der Waals surface area contributed by atoms with Crippen LogP contribution < -0.4 is 9.47 Å². The van der Waals surface area contributed by atoms with Crippen LogP contribution in [-0.2, 0) is 9.53 Å². The summed E-state index contributed by atoms with van der Waals surface area (Å²) >= 11 is 0. The van der Waals surface area contributed by atoms with Crippen molar-refractivity contribution in [1.82, 2.24) is 9.80 Å². The monoisotopic (exact) mass is 390 g/mol. The van der Waals surface area contributed by atoms with Gasteiger partial charge in [0, 0.05) is 13.6 Å². The van der Waals surface area contributed by atoms with E-state index in [9.17, 15) is 9.59 Å². The Balaban J connectivity index is 1.62. The van der Waals surface area contributed by atoms with Crippen molar-refractivity contribution in [1.29, 1.82) is 0 Å². The van der Waals surface area contributed by atoms with E-state index in [0.29, 0.717) is 31.9 Å². The van der Waals surface area contributed by atoms with E-state index in [4.69, 9.17) is 14.2 Å². The highest BCUT2D eigenvalue weighted by atomic mass is 16.6. The molecule has 28 heavy (non-hydrogen) atoms. The van der Waals surface area contributed by atoms with Crippen molar-refractivity contribution in [3.8, 4) is 11.5 Å². The molecule has 2 amide bonds. The van der Waals surface area contributed by atoms with Gasteiger partial charge in [0.05, 0.1) is 6.54 Å². The van der Waals surface area contributed by atoms with Crippen LogP contribution in [-0.4, -0.2) is 66.3 Å². The van der Waals surface area contributed by atoms with Gasteiger partial charge in [-0.2, -0.15) is 0 Å². The molecule has 1 aromatic carbocycles. The van der Waals surface area contributed by atoms with Crippen LogP contribution in [0.15, 0.2) is 24.3 Å². The predicted molar refractivity (Wildman–Crippen MR) is 105 cm³/mol. The molecule has 0 N–H and O–H groups in total. The van der Waals surface area contributed by atoms with E-state index >= 15 is 0 Å². The molecule has 7 nitrogen and oxygen atoms in total. The molecule has 0 spiro atoms. The Bertz CT molecular complexity index is 715. The summed E-state index contributed by atoms with van der Waals surface area (Å²) in [5, 5.41) is 0. The van der Waals surface area contributed by atoms with Crippen LogP contribution in [0.2, 0.25) is 0 Å². The van der Waals surface area contributed by atoms with E-state index in [1.807, 2.05) is 45.0 Å². The van der Waals surface area contributed by atoms with Crippen LogP contribution in [0.4, 0.5) is 4.79 Å². The van der Waals surface area contributed by atoms with E-state index in [-0.39, 0.29) is 12.0 Å². The van der Waals surface area contributed by atoms with E-state index in [1.165, 1.54) is 0 Å². The van der Waals surface area contributed by atoms with Gasteiger partial charge in [0.2, 0.25) is 5.91 Å². The lowest BCUT2D eigenvalue weighted by atomic mass is 10.0. The molecule has 0 aliphatic carbocycles. The van der Waals surface area contributed by atoms with E-state index < -0.39 is 17.7 Å². The number of likely N-dealkylation sites (N-methyl/N-ethyl adjacent to an activating group) is 1. The van der Waals surface area contributed by atoms with Gasteiger partial charge in [-0.15, -0.1) is 0 Å². The average Bonchev–Trinajstić information content (AvgIpc) is 2.66. The molecule has 2 heterocycles. The SMILES string of the molecule is CN(CC1COc2ccccc2O1)C(=O)C1CCCCN1C(=O)OC(C)(C)C. The molecule has 1 fully saturated rings. The number of nitrogens with zero attached hydrogens (tertiary/aromatic N) is 2. The van der Waals surface area contributed by atoms with E-state index in [2.05, 4.69) is 0 Å². The summed E-state index contributed by atoms with van der Waals surface area (Å²) in [6, 6.07) is 7.01. The molecule has 2 unspecified atom stereocenters. The van der Waals surface area contributed by atoms with E-state index in [1.54, 1.807) is 16.8 Å². The lowest BCUT2D eigenvalue weighted by Gasteiger charge is -2.38. The molecule has 1 aromatic rings. The molecule has 2 atom stereocenters. The topological polar surface area (TPSA) is 68.3 Å². The number of para-hydroxylation sites is 2. The first-order chi connectivity index (χ1) is 13.2. The van der Waals surface area contributed by atoms with Gasteiger partial charge in [0.15, 0.2) is 17.6 Å². The third kappa shape index (κ3) is 4.88. The first-order valence-corrected chi connectivity index (χ1v) is 9.87. The Labute approximate surface area is 166 Å². The van der Waals surface area contributed by atoms with Crippen molar-refractivity contribution < 1.29 is 23.8 Å². The van der Waals surface area contributed by atoms with Crippen molar-refractivity contribution in [3.05, 3.63) is 24.3 Å². The van der Waals surface area contributed by atoms with Crippen LogP contribution in [0, 0.1) is 0 Å². The summed E-state index contributed by atoms with van der Waals surface area (Å²) in [6.45, 7) is 6.80. The Morgan fingerprint density at radius 3 is 2.64 bits per heavy atom. The molecule has 0 bridgehead atoms. The Morgan fingerprint density at radius 2 is 1.93 bits per heavy atom. The molecular formula is C21H30N2O5. The molecule has 3 rings (SSSR count). The molecule has 2 aliphatic rings. The van der Waals surface area contributed by atoms with E-state index in [0.717, 1.165) is 18.6 Å². The maximum Gasteiger partial charge on any atom is 0.410 e. The van der Waals surface area contributed by atoms with Crippen molar-refractivity contribution in [2.45, 2.75) is 57.8 Å². The second kappa shape index (κ2) is 8.29. The molecule has 154 valence electrons. The molecule has 7 heteroatoms. The number of ether oxygens (including phenoxy) is 3. The number of hydrogen-bond donors (Lipinski definition) is 0. The van der Waals surface area contributed by atoms with Crippen LogP contribution in [0.1, 0.15) is 40.0 Å². The van der Waals surface area contributed by atoms with Gasteiger partial charge in [-0.3, -0.25) is 9.69 Å². The second-order valence-corrected chi connectivity index (χ2v) is 8.40. The average molecular weight is 390 g/mol. The zero-order valence-corrected chi connectivity index (χ0v) is 17.1. The number of carbonyl (C=O) groups excluding carboxylic acids is 2. The minimum Gasteiger partial charge on any atom is -0.486 e. The second-order valence-electron chi connectivity index (χ2n) is 8.40. The molecule has 0 radical (unpaired) electrons. The number of hydrogen-bond acceptors (Lipinski definition) is 5. The lowest BCUT2D eigenvalue weighted by molar-refractivity contribution is -0.138. The zero-order chi connectivity index (χ0) is 20.3. The smallest absolute Gasteiger partial charge is 0.410 e. The van der Waals surface area contributed by atoms with Gasteiger partial charge >= 0.3 is 6.09 Å². The summed E-state index contributed by atoms with van der Waals surface area (Å²) < 4.78 is 17.2. The largest absolute Gasteiger partial charge is 0.486 e. The van der Waals surface area contributed by atoms with Crippen molar-refractivity contribution in [2.24, 2.45) is 0 Å². The van der Waals surface area contributed by atoms with Crippen LogP contribution in [0.5, 0.6) is 11.5 Å². The first-order valence-electron chi connectivity index (χ1n) is 9.87. The first kappa shape index (κ1) is 20.3. The minimum absolute atomic E-state index is 0.0898. The highest BCUT2D eigenvalue weighted by molar-refractivity contribution is 5.85. The van der Waals surface area contributed by atoms with Crippen molar-refractivity contribution >= 4 is 12.0 Å². The quantitative estimate of drug-likeness (QED) is 0.793. The Hall–Kier alpha value is -2.44. The lowest BCUT2D eigenvalue weighted by Crippen LogP contribution is -2.54. The van der Waals surface area contributed by atoms with Gasteiger partial charge in [-0.05, 0) is 52.2 Å². The van der Waals surface area contributed by atoms with Gasteiger partial charge in [0.1, 0.15) is 18.2 Å². The van der Waals surface area contributed by atoms with Gasteiger partial charge in [-0.1, -0.05) is 12.1 Å². The number of piperidine rings is 1. The molecule has 0 aromatic heterocycles. The molecule has 0 saturated carbocycles. The summed E-state index contributed by atoms with van der Waals surface area (Å²) in [4.78, 5) is 28.8.